The maximum absolute atomic E-state index is 10.7. The number of hydrogen-bond acceptors (Lipinski definition) is 3. The molecule has 6 heteroatoms. The van der Waals surface area contributed by atoms with Gasteiger partial charge in [-0.25, -0.2) is 0 Å². The van der Waals surface area contributed by atoms with Crippen molar-refractivity contribution < 1.29 is 14.0 Å². The smallest absolute Gasteiger partial charge is 0.191 e. The number of rotatable bonds is 13. The molecule has 0 bridgehead atoms. The lowest BCUT2D eigenvalue weighted by Gasteiger charge is -2.36. The second-order valence-corrected chi connectivity index (χ2v) is 22.5. The van der Waals surface area contributed by atoms with Crippen LogP contribution in [0.2, 0.25) is 36.3 Å². The van der Waals surface area contributed by atoms with Crippen LogP contribution < -0.4 is 0 Å². The number of allylic oxidation sites excluding steroid dienone is 1. The van der Waals surface area contributed by atoms with Gasteiger partial charge >= 0.3 is 0 Å². The van der Waals surface area contributed by atoms with Gasteiger partial charge in [0.1, 0.15) is 0 Å². The van der Waals surface area contributed by atoms with Crippen molar-refractivity contribution in [3.8, 4) is 0 Å². The molecule has 178 valence electrons. The lowest BCUT2D eigenvalue weighted by Crippen LogP contribution is -2.41. The zero-order valence-electron chi connectivity index (χ0n) is 21.4. The van der Waals surface area contributed by atoms with E-state index in [1.165, 1.54) is 3.58 Å². The van der Waals surface area contributed by atoms with Crippen molar-refractivity contribution >= 4 is 39.2 Å². The minimum absolute atomic E-state index is 0.0706. The van der Waals surface area contributed by atoms with Crippen LogP contribution in [0.15, 0.2) is 22.3 Å². The van der Waals surface area contributed by atoms with E-state index in [0.717, 1.165) is 38.9 Å². The molecule has 0 aromatic carbocycles. The minimum atomic E-state index is -1.70. The second-order valence-electron chi connectivity index (χ2n) is 11.5. The molecule has 0 rings (SSSR count). The topological polar surface area (TPSA) is 38.7 Å². The molecule has 0 spiro atoms. The molecule has 0 aliphatic heterocycles. The fraction of sp³-hybridized carbons (Fsp3) is 0.833. The summed E-state index contributed by atoms with van der Waals surface area (Å²) in [6, 6.07) is 0. The van der Waals surface area contributed by atoms with Crippen LogP contribution in [0.25, 0.3) is 0 Å². The van der Waals surface area contributed by atoms with Gasteiger partial charge in [-0.05, 0) is 94.2 Å². The van der Waals surface area contributed by atoms with Crippen molar-refractivity contribution in [1.29, 1.82) is 0 Å². The summed E-state index contributed by atoms with van der Waals surface area (Å²) in [4.78, 5) is 0. The first kappa shape index (κ1) is 30.5. The normalized spacial score (nSPS) is 16.5. The number of hydrogen-bond donors (Lipinski definition) is 1. The number of halogens is 1. The molecule has 1 N–H and O–H groups in total. The quantitative estimate of drug-likeness (QED) is 0.106. The Bertz CT molecular complexity index is 546. The van der Waals surface area contributed by atoms with Crippen LogP contribution in [0.4, 0.5) is 0 Å². The highest BCUT2D eigenvalue weighted by Crippen LogP contribution is 2.37. The zero-order valence-corrected chi connectivity index (χ0v) is 25.6. The van der Waals surface area contributed by atoms with Crippen molar-refractivity contribution in [2.75, 3.05) is 13.2 Å². The van der Waals surface area contributed by atoms with Gasteiger partial charge in [0.2, 0.25) is 0 Å². The van der Waals surface area contributed by atoms with Gasteiger partial charge < -0.3 is 14.0 Å². The predicted molar refractivity (Wildman–Crippen MR) is 147 cm³/mol. The van der Waals surface area contributed by atoms with E-state index >= 15 is 0 Å². The molecule has 0 fully saturated rings. The molecule has 3 nitrogen and oxygen atoms in total. The first-order valence-corrected chi connectivity index (χ1v) is 18.3. The van der Waals surface area contributed by atoms with Crippen molar-refractivity contribution in [2.24, 2.45) is 5.92 Å². The summed E-state index contributed by atoms with van der Waals surface area (Å²) < 4.78 is 13.7. The minimum Gasteiger partial charge on any atom is -0.417 e. The number of aliphatic hydroxyl groups excluding tert-OH is 1. The Hall–Kier alpha value is 0.524. The van der Waals surface area contributed by atoms with Crippen LogP contribution in [-0.4, -0.2) is 41.1 Å². The first-order chi connectivity index (χ1) is 13.4. The number of aliphatic hydroxyl groups is 1. The van der Waals surface area contributed by atoms with Gasteiger partial charge in [-0.2, -0.15) is 0 Å². The summed E-state index contributed by atoms with van der Waals surface area (Å²) in [5, 5.41) is 11.1. The fourth-order valence-corrected chi connectivity index (χ4v) is 5.39. The van der Waals surface area contributed by atoms with Crippen molar-refractivity contribution in [1.82, 2.24) is 0 Å². The van der Waals surface area contributed by atoms with E-state index in [0.29, 0.717) is 0 Å². The third-order valence-corrected chi connectivity index (χ3v) is 16.8. The van der Waals surface area contributed by atoms with Crippen LogP contribution in [0.3, 0.4) is 0 Å². The highest BCUT2D eigenvalue weighted by molar-refractivity contribution is 14.1. The van der Waals surface area contributed by atoms with E-state index in [2.05, 4.69) is 96.9 Å². The Labute approximate surface area is 203 Å². The van der Waals surface area contributed by atoms with Gasteiger partial charge in [0.05, 0.1) is 6.10 Å². The maximum Gasteiger partial charge on any atom is 0.191 e. The molecule has 0 aromatic heterocycles. The molecule has 0 saturated carbocycles. The monoisotopic (exact) mass is 568 g/mol. The molecule has 0 saturated heterocycles. The molecule has 30 heavy (non-hydrogen) atoms. The highest BCUT2D eigenvalue weighted by Gasteiger charge is 2.37. The third-order valence-electron chi connectivity index (χ3n) is 6.87. The van der Waals surface area contributed by atoms with E-state index in [-0.39, 0.29) is 16.0 Å². The summed E-state index contributed by atoms with van der Waals surface area (Å²) in [6.07, 6.45) is 7.19. The van der Waals surface area contributed by atoms with Gasteiger partial charge in [-0.3, -0.25) is 0 Å². The molecule has 0 aliphatic carbocycles. The van der Waals surface area contributed by atoms with Gasteiger partial charge in [0, 0.05) is 19.1 Å². The van der Waals surface area contributed by atoms with Crippen molar-refractivity contribution in [2.45, 2.75) is 110 Å². The average Bonchev–Trinajstić information content (AvgIpc) is 2.56. The van der Waals surface area contributed by atoms with Gasteiger partial charge in [0.15, 0.2) is 16.6 Å². The molecule has 2 atom stereocenters. The van der Waals surface area contributed by atoms with Gasteiger partial charge in [-0.1, -0.05) is 47.6 Å². The van der Waals surface area contributed by atoms with Crippen LogP contribution >= 0.6 is 22.6 Å². The fourth-order valence-electron chi connectivity index (χ4n) is 2.47. The Kier molecular flexibility index (Phi) is 12.9. The molecule has 0 amide bonds. The Balaban J connectivity index is 4.44. The van der Waals surface area contributed by atoms with E-state index in [1.54, 1.807) is 0 Å². The summed E-state index contributed by atoms with van der Waals surface area (Å²) in [7, 11) is -3.37. The summed E-state index contributed by atoms with van der Waals surface area (Å²) in [6.45, 7) is 28.3. The molecular formula is C24H49IO3Si2. The second kappa shape index (κ2) is 12.7. The lowest BCUT2D eigenvalue weighted by molar-refractivity contribution is 0.163. The van der Waals surface area contributed by atoms with Gasteiger partial charge in [0.25, 0.3) is 0 Å². The largest absolute Gasteiger partial charge is 0.417 e. The molecule has 0 heterocycles. The molecule has 0 aliphatic rings. The molecular weight excluding hydrogens is 519 g/mol. The average molecular weight is 569 g/mol. The maximum atomic E-state index is 10.7. The SMILES string of the molecule is C=CC(CCCO[Si](C)(C)C(C)(C)C)C(O)/C=C(\I)CCCO[Si](C)(C)C(C)(C)C. The van der Waals surface area contributed by atoms with E-state index < -0.39 is 22.7 Å². The van der Waals surface area contributed by atoms with Crippen LogP contribution in [-0.2, 0) is 8.85 Å². The van der Waals surface area contributed by atoms with Crippen LogP contribution in [0, 0.1) is 5.92 Å². The Morgan fingerprint density at radius 1 is 0.933 bits per heavy atom. The highest BCUT2D eigenvalue weighted by atomic mass is 127. The van der Waals surface area contributed by atoms with Crippen LogP contribution in [0.5, 0.6) is 0 Å². The summed E-state index contributed by atoms with van der Waals surface area (Å²) >= 11 is 2.35. The predicted octanol–water partition coefficient (Wildman–Crippen LogP) is 8.07. The van der Waals surface area contributed by atoms with Gasteiger partial charge in [-0.15, -0.1) is 6.58 Å². The van der Waals surface area contributed by atoms with Crippen molar-refractivity contribution in [3.63, 3.8) is 0 Å². The Morgan fingerprint density at radius 2 is 1.37 bits per heavy atom. The standard InChI is InChI=1S/C24H49IO3Si2/c1-12-20(15-13-17-27-29(8,9)23(2,3)4)22(26)19-21(25)16-14-18-28-30(10,11)24(5,6)7/h12,19-20,22,26H,1,13-18H2,2-11H3/b21-19-. The first-order valence-electron chi connectivity index (χ1n) is 11.4. The molecule has 0 aromatic rings. The van der Waals surface area contributed by atoms with Crippen molar-refractivity contribution in [3.05, 3.63) is 22.3 Å². The summed E-state index contributed by atoms with van der Waals surface area (Å²) in [5.41, 5.74) is 0. The zero-order chi connectivity index (χ0) is 23.8. The van der Waals surface area contributed by atoms with E-state index in [4.69, 9.17) is 8.85 Å². The van der Waals surface area contributed by atoms with E-state index in [9.17, 15) is 5.11 Å². The molecule has 2 unspecified atom stereocenters. The van der Waals surface area contributed by atoms with Crippen LogP contribution in [0.1, 0.15) is 67.2 Å². The van der Waals surface area contributed by atoms with E-state index in [1.807, 2.05) is 12.2 Å². The summed E-state index contributed by atoms with van der Waals surface area (Å²) in [5.74, 6) is 0.0706. The third kappa shape index (κ3) is 10.9. The Morgan fingerprint density at radius 3 is 1.77 bits per heavy atom. The lowest BCUT2D eigenvalue weighted by atomic mass is 9.96. The molecule has 0 radical (unpaired) electrons.